The lowest BCUT2D eigenvalue weighted by molar-refractivity contribution is 0.251. The second-order valence-corrected chi connectivity index (χ2v) is 10.1. The first-order chi connectivity index (χ1) is 20.6. The minimum Gasteiger partial charge on any atom is -0.486 e. The highest BCUT2D eigenvalue weighted by Crippen LogP contribution is 2.32. The van der Waals surface area contributed by atoms with Crippen molar-refractivity contribution >= 4 is 45.6 Å². The van der Waals surface area contributed by atoms with Crippen LogP contribution < -0.4 is 20.7 Å². The van der Waals surface area contributed by atoms with E-state index in [1.165, 1.54) is 0 Å². The molecule has 3 aromatic carbocycles. The van der Waals surface area contributed by atoms with Crippen LogP contribution in [0.5, 0.6) is 5.75 Å². The first-order valence-electron chi connectivity index (χ1n) is 13.9. The Morgan fingerprint density at radius 1 is 1.10 bits per heavy atom. The topological polar surface area (TPSA) is 92.0 Å². The van der Waals surface area contributed by atoms with Gasteiger partial charge in [-0.15, -0.1) is 0 Å². The number of rotatable bonds is 8. The number of amides is 2. The largest absolute Gasteiger partial charge is 0.486 e. The van der Waals surface area contributed by atoms with E-state index in [1.807, 2.05) is 73.8 Å². The number of aromatic nitrogens is 2. The Morgan fingerprint density at radius 3 is 2.74 bits per heavy atom. The lowest BCUT2D eigenvalue weighted by Crippen LogP contribution is -2.28. The third kappa shape index (κ3) is 5.74. The summed E-state index contributed by atoms with van der Waals surface area (Å²) in [6.45, 7) is 2.38. The number of nitrogens with one attached hydrogen (secondary N) is 3. The van der Waals surface area contributed by atoms with Crippen LogP contribution in [-0.2, 0) is 6.54 Å². The summed E-state index contributed by atoms with van der Waals surface area (Å²) in [6, 6.07) is 21.9. The van der Waals surface area contributed by atoms with Gasteiger partial charge >= 0.3 is 6.03 Å². The number of ether oxygens (including phenoxy) is 1. The van der Waals surface area contributed by atoms with Gasteiger partial charge in [0.25, 0.3) is 0 Å². The molecule has 1 unspecified atom stereocenters. The molecule has 2 heterocycles. The number of allylic oxidation sites excluding steroid dienone is 2. The molecule has 0 saturated carbocycles. The average molecular weight is 557 g/mol. The van der Waals surface area contributed by atoms with Crippen LogP contribution in [0.15, 0.2) is 108 Å². The lowest BCUT2D eigenvalue weighted by atomic mass is 10.0. The SMILES string of the molecule is CN=Cc1cnn2cc(NC(=O)NCc3cccc4ccccc34)c(C)c2c1Nc1ccc(OC2C=CC=CC2)cc1. The number of fused-ring (bicyclic) bond motifs is 2. The summed E-state index contributed by atoms with van der Waals surface area (Å²) < 4.78 is 7.84. The van der Waals surface area contributed by atoms with Gasteiger partial charge in [0.2, 0.25) is 0 Å². The van der Waals surface area contributed by atoms with E-state index in [2.05, 4.69) is 56.4 Å². The van der Waals surface area contributed by atoms with Crippen molar-refractivity contribution in [2.24, 2.45) is 4.99 Å². The number of urea groups is 1. The molecule has 8 heteroatoms. The Bertz CT molecular complexity index is 1830. The van der Waals surface area contributed by atoms with Crippen LogP contribution in [0.1, 0.15) is 23.1 Å². The fourth-order valence-corrected chi connectivity index (χ4v) is 5.17. The molecule has 0 fully saturated rings. The molecule has 6 rings (SSSR count). The molecule has 0 aliphatic heterocycles. The van der Waals surface area contributed by atoms with Gasteiger partial charge in [-0.2, -0.15) is 5.10 Å². The number of hydrogen-bond donors (Lipinski definition) is 3. The number of benzene rings is 3. The number of aliphatic imine (C=N–C) groups is 1. The number of anilines is 3. The predicted molar refractivity (Wildman–Crippen MR) is 170 cm³/mol. The van der Waals surface area contributed by atoms with E-state index in [-0.39, 0.29) is 12.1 Å². The standard InChI is InChI=1S/C34H32N6O2/c1-23-31(39-34(41)36-20-25-11-8-10-24-9-6-7-14-30(24)25)22-40-33(23)32(26(19-35-2)21-37-40)38-27-15-17-29(18-16-27)42-28-12-4-3-5-13-28/h3-12,14-19,21-22,28,38H,13,20H2,1-2H3,(H2,36,39,41). The van der Waals surface area contributed by atoms with E-state index < -0.39 is 0 Å². The number of nitrogens with zero attached hydrogens (tertiary/aromatic N) is 3. The van der Waals surface area contributed by atoms with Crippen LogP contribution >= 0.6 is 0 Å². The normalized spacial score (nSPS) is 14.5. The summed E-state index contributed by atoms with van der Waals surface area (Å²) in [5.74, 6) is 0.806. The molecule has 42 heavy (non-hydrogen) atoms. The summed E-state index contributed by atoms with van der Waals surface area (Å²) in [5, 5.41) is 16.4. The summed E-state index contributed by atoms with van der Waals surface area (Å²) in [7, 11) is 1.73. The number of aryl methyl sites for hydroxylation is 1. The van der Waals surface area contributed by atoms with Gasteiger partial charge in [-0.3, -0.25) is 4.99 Å². The van der Waals surface area contributed by atoms with Gasteiger partial charge in [-0.1, -0.05) is 60.7 Å². The highest BCUT2D eigenvalue weighted by atomic mass is 16.5. The van der Waals surface area contributed by atoms with Crippen molar-refractivity contribution in [2.75, 3.05) is 17.7 Å². The van der Waals surface area contributed by atoms with Crippen molar-refractivity contribution in [3.63, 3.8) is 0 Å². The van der Waals surface area contributed by atoms with Gasteiger partial charge < -0.3 is 20.7 Å². The van der Waals surface area contributed by atoms with Gasteiger partial charge in [0.1, 0.15) is 11.9 Å². The highest BCUT2D eigenvalue weighted by Gasteiger charge is 2.17. The maximum Gasteiger partial charge on any atom is 0.319 e. The minimum atomic E-state index is -0.286. The van der Waals surface area contributed by atoms with Gasteiger partial charge in [0.05, 0.1) is 29.3 Å². The maximum atomic E-state index is 13.0. The first-order valence-corrected chi connectivity index (χ1v) is 13.9. The molecule has 1 aliphatic rings. The van der Waals surface area contributed by atoms with Crippen molar-refractivity contribution < 1.29 is 9.53 Å². The Balaban J connectivity index is 1.21. The van der Waals surface area contributed by atoms with Crippen molar-refractivity contribution in [1.82, 2.24) is 14.9 Å². The third-order valence-corrected chi connectivity index (χ3v) is 7.27. The van der Waals surface area contributed by atoms with E-state index in [4.69, 9.17) is 4.74 Å². The molecule has 8 nitrogen and oxygen atoms in total. The average Bonchev–Trinajstić information content (AvgIpc) is 3.33. The van der Waals surface area contributed by atoms with E-state index >= 15 is 0 Å². The maximum absolute atomic E-state index is 13.0. The second-order valence-electron chi connectivity index (χ2n) is 10.1. The lowest BCUT2D eigenvalue weighted by Gasteiger charge is -2.17. The summed E-state index contributed by atoms with van der Waals surface area (Å²) in [4.78, 5) is 17.2. The van der Waals surface area contributed by atoms with Gasteiger partial charge in [0.15, 0.2) is 0 Å². The second kappa shape index (κ2) is 12.0. The van der Waals surface area contributed by atoms with Crippen molar-refractivity contribution in [2.45, 2.75) is 26.0 Å². The molecule has 5 aromatic rings. The Morgan fingerprint density at radius 2 is 1.93 bits per heavy atom. The van der Waals surface area contributed by atoms with E-state index in [0.717, 1.165) is 56.5 Å². The molecular weight excluding hydrogens is 524 g/mol. The molecule has 1 aliphatic carbocycles. The van der Waals surface area contributed by atoms with Crippen LogP contribution in [0.2, 0.25) is 0 Å². The predicted octanol–water partition coefficient (Wildman–Crippen LogP) is 7.17. The Labute approximate surface area is 244 Å². The first kappa shape index (κ1) is 26.8. The molecule has 0 spiro atoms. The fraction of sp³-hybridized carbons (Fsp3) is 0.147. The van der Waals surface area contributed by atoms with Crippen molar-refractivity contribution in [3.8, 4) is 5.75 Å². The smallest absolute Gasteiger partial charge is 0.319 e. The molecule has 2 aromatic heterocycles. The summed E-state index contributed by atoms with van der Waals surface area (Å²) >= 11 is 0. The fourth-order valence-electron chi connectivity index (χ4n) is 5.17. The van der Waals surface area contributed by atoms with Crippen molar-refractivity contribution in [1.29, 1.82) is 0 Å². The molecule has 0 radical (unpaired) electrons. The quantitative estimate of drug-likeness (QED) is 0.177. The Kier molecular flexibility index (Phi) is 7.68. The van der Waals surface area contributed by atoms with E-state index in [9.17, 15) is 4.79 Å². The zero-order valence-electron chi connectivity index (χ0n) is 23.5. The van der Waals surface area contributed by atoms with Crippen molar-refractivity contribution in [3.05, 3.63) is 120 Å². The third-order valence-electron chi connectivity index (χ3n) is 7.27. The van der Waals surface area contributed by atoms with Gasteiger partial charge in [-0.25, -0.2) is 9.31 Å². The molecule has 0 bridgehead atoms. The molecule has 210 valence electrons. The molecule has 0 saturated heterocycles. The van der Waals surface area contributed by atoms with Gasteiger partial charge in [-0.05, 0) is 53.6 Å². The monoisotopic (exact) mass is 556 g/mol. The number of carbonyl (C=O) groups excluding carboxylic acids is 1. The molecule has 1 atom stereocenters. The molecule has 3 N–H and O–H groups in total. The zero-order valence-corrected chi connectivity index (χ0v) is 23.5. The van der Waals surface area contributed by atoms with E-state index in [0.29, 0.717) is 12.2 Å². The molecular formula is C34H32N6O2. The van der Waals surface area contributed by atoms with Crippen LogP contribution in [0.4, 0.5) is 21.9 Å². The minimum absolute atomic E-state index is 0.0412. The number of carbonyl (C=O) groups is 1. The highest BCUT2D eigenvalue weighted by molar-refractivity contribution is 5.99. The zero-order chi connectivity index (χ0) is 28.9. The van der Waals surface area contributed by atoms with Crippen LogP contribution in [0.25, 0.3) is 16.3 Å². The summed E-state index contributed by atoms with van der Waals surface area (Å²) in [5.41, 5.74) is 6.02. The van der Waals surface area contributed by atoms with Gasteiger partial charge in [0, 0.05) is 43.0 Å². The molecule has 2 amide bonds. The number of hydrogen-bond acceptors (Lipinski definition) is 5. The van der Waals surface area contributed by atoms with Crippen LogP contribution in [-0.4, -0.2) is 35.0 Å². The van der Waals surface area contributed by atoms with Crippen LogP contribution in [0.3, 0.4) is 0 Å². The van der Waals surface area contributed by atoms with Crippen LogP contribution in [0, 0.1) is 6.92 Å². The van der Waals surface area contributed by atoms with E-state index in [1.54, 1.807) is 24.0 Å². The Hall–Kier alpha value is -5.37. The summed E-state index contributed by atoms with van der Waals surface area (Å²) in [6.07, 6.45) is 14.4.